The summed E-state index contributed by atoms with van der Waals surface area (Å²) in [5, 5.41) is 12.6. The second-order valence-electron chi connectivity index (χ2n) is 4.52. The van der Waals surface area contributed by atoms with E-state index in [9.17, 15) is 5.11 Å². The van der Waals surface area contributed by atoms with Crippen LogP contribution in [0.5, 0.6) is 5.75 Å². The van der Waals surface area contributed by atoms with E-state index in [1.54, 1.807) is 17.4 Å². The first-order valence-corrected chi connectivity index (χ1v) is 9.47. The van der Waals surface area contributed by atoms with Crippen molar-refractivity contribution in [1.82, 2.24) is 0 Å². The van der Waals surface area contributed by atoms with Gasteiger partial charge in [-0.05, 0) is 22.7 Å². The topological polar surface area (TPSA) is 20.2 Å². The molecule has 0 bridgehead atoms. The maximum atomic E-state index is 10.0. The van der Waals surface area contributed by atoms with Crippen molar-refractivity contribution in [2.24, 2.45) is 0 Å². The molecule has 0 amide bonds. The highest BCUT2D eigenvalue weighted by Gasteiger charge is 2.16. The van der Waals surface area contributed by atoms with Crippen LogP contribution in [0.2, 0.25) is 0 Å². The van der Waals surface area contributed by atoms with Crippen LogP contribution >= 0.6 is 18.5 Å². The van der Waals surface area contributed by atoms with E-state index < -0.39 is 7.12 Å². The molecule has 0 aliphatic heterocycles. The van der Waals surface area contributed by atoms with Crippen LogP contribution in [0.25, 0.3) is 0 Å². The summed E-state index contributed by atoms with van der Waals surface area (Å²) in [6.45, 7) is 0. The van der Waals surface area contributed by atoms with Crippen molar-refractivity contribution in [2.75, 3.05) is 0 Å². The number of hydrogen-bond acceptors (Lipinski definition) is 2. The van der Waals surface area contributed by atoms with Crippen LogP contribution in [-0.2, 0) is 0 Å². The van der Waals surface area contributed by atoms with Crippen LogP contribution in [0.3, 0.4) is 0 Å². The molecule has 3 aromatic rings. The van der Waals surface area contributed by atoms with Gasteiger partial charge in [0.2, 0.25) is 0 Å². The third-order valence-electron chi connectivity index (χ3n) is 3.04. The zero-order chi connectivity index (χ0) is 14.5. The lowest BCUT2D eigenvalue weighted by Crippen LogP contribution is -2.08. The van der Waals surface area contributed by atoms with Crippen molar-refractivity contribution in [1.29, 1.82) is 0 Å². The van der Waals surface area contributed by atoms with Gasteiger partial charge in [0.1, 0.15) is 5.75 Å². The molecule has 0 aliphatic rings. The maximum absolute atomic E-state index is 10.0. The highest BCUT2D eigenvalue weighted by molar-refractivity contribution is 8.60. The summed E-state index contributed by atoms with van der Waals surface area (Å²) in [7, 11) is -0.587. The Morgan fingerprint density at radius 3 is 1.62 bits per heavy atom. The Labute approximate surface area is 130 Å². The minimum Gasteiger partial charge on any atom is -0.507 e. The van der Waals surface area contributed by atoms with Crippen molar-refractivity contribution < 1.29 is 5.11 Å². The fourth-order valence-corrected chi connectivity index (χ4v) is 6.32. The number of hydrogen-bond donors (Lipinski definition) is 1. The largest absolute Gasteiger partial charge is 0.507 e. The zero-order valence-electron chi connectivity index (χ0n) is 11.4. The van der Waals surface area contributed by atoms with Crippen LogP contribution in [0.15, 0.2) is 89.8 Å². The second-order valence-corrected chi connectivity index (χ2v) is 8.41. The number of para-hydroxylation sites is 1. The molecule has 21 heavy (non-hydrogen) atoms. The van der Waals surface area contributed by atoms with Crippen molar-refractivity contribution >= 4 is 29.1 Å². The number of phenolic OH excluding ortho intramolecular Hbond substituents is 1. The predicted molar refractivity (Wildman–Crippen MR) is 93.0 cm³/mol. The minimum atomic E-state index is -0.587. The average molecular weight is 310 g/mol. The van der Waals surface area contributed by atoms with Crippen LogP contribution < -0.4 is 10.6 Å². The van der Waals surface area contributed by atoms with Crippen molar-refractivity contribution in [2.45, 2.75) is 4.90 Å². The Hall–Kier alpha value is -1.76. The van der Waals surface area contributed by atoms with Gasteiger partial charge in [0.05, 0.1) is 4.90 Å². The van der Waals surface area contributed by atoms with E-state index in [-0.39, 0.29) is 0 Å². The number of phenols is 1. The number of benzene rings is 3. The van der Waals surface area contributed by atoms with Gasteiger partial charge < -0.3 is 5.11 Å². The van der Waals surface area contributed by atoms with Gasteiger partial charge in [-0.3, -0.25) is 0 Å². The molecule has 0 unspecified atom stereocenters. The smallest absolute Gasteiger partial charge is 0.129 e. The monoisotopic (exact) mass is 310 g/mol. The predicted octanol–water partition coefficient (Wildman–Crippen LogP) is 4.53. The van der Waals surface area contributed by atoms with Gasteiger partial charge in [0, 0.05) is 7.12 Å². The van der Waals surface area contributed by atoms with Crippen LogP contribution in [0.4, 0.5) is 0 Å². The Morgan fingerprint density at radius 1 is 0.619 bits per heavy atom. The summed E-state index contributed by atoms with van der Waals surface area (Å²) in [6, 6.07) is 28.5. The number of rotatable bonds is 4. The molecule has 0 aromatic heterocycles. The standard InChI is InChI=1S/C18H15OPS/c19-17-13-7-8-14-18(17)21-20(15-9-3-1-4-10-15)16-11-5-2-6-12-16/h1-14,19H. The van der Waals surface area contributed by atoms with Gasteiger partial charge in [-0.25, -0.2) is 0 Å². The highest BCUT2D eigenvalue weighted by Crippen LogP contribution is 2.53. The highest BCUT2D eigenvalue weighted by atomic mass is 32.7. The first kappa shape index (κ1) is 14.2. The molecule has 0 spiro atoms. The van der Waals surface area contributed by atoms with Gasteiger partial charge in [0.15, 0.2) is 0 Å². The van der Waals surface area contributed by atoms with Gasteiger partial charge >= 0.3 is 0 Å². The van der Waals surface area contributed by atoms with E-state index in [2.05, 4.69) is 48.5 Å². The average Bonchev–Trinajstić information content (AvgIpc) is 2.56. The fourth-order valence-electron chi connectivity index (χ4n) is 2.01. The summed E-state index contributed by atoms with van der Waals surface area (Å²) in [5.41, 5.74) is 0. The van der Waals surface area contributed by atoms with Crippen molar-refractivity contribution in [3.05, 3.63) is 84.9 Å². The van der Waals surface area contributed by atoms with E-state index in [1.807, 2.05) is 30.3 Å². The van der Waals surface area contributed by atoms with E-state index >= 15 is 0 Å². The zero-order valence-corrected chi connectivity index (χ0v) is 13.1. The van der Waals surface area contributed by atoms with Crippen LogP contribution in [0, 0.1) is 0 Å². The Morgan fingerprint density at radius 2 is 1.10 bits per heavy atom. The van der Waals surface area contributed by atoms with Crippen LogP contribution in [0.1, 0.15) is 0 Å². The lowest BCUT2D eigenvalue weighted by atomic mass is 10.3. The molecule has 0 atom stereocenters. The normalized spacial score (nSPS) is 10.7. The molecule has 0 aliphatic carbocycles. The summed E-state index contributed by atoms with van der Waals surface area (Å²) in [4.78, 5) is 0.927. The summed E-state index contributed by atoms with van der Waals surface area (Å²) in [6.07, 6.45) is 0. The molecule has 0 saturated carbocycles. The molecule has 1 N–H and O–H groups in total. The SMILES string of the molecule is Oc1ccccc1SP(c1ccccc1)c1ccccc1. The molecule has 0 fully saturated rings. The van der Waals surface area contributed by atoms with E-state index in [1.165, 1.54) is 10.6 Å². The van der Waals surface area contributed by atoms with E-state index in [0.717, 1.165) is 4.90 Å². The second kappa shape index (κ2) is 6.80. The molecular weight excluding hydrogens is 295 g/mol. The summed E-state index contributed by atoms with van der Waals surface area (Å²) >= 11 is 1.74. The maximum Gasteiger partial charge on any atom is 0.129 e. The van der Waals surface area contributed by atoms with Gasteiger partial charge in [0.25, 0.3) is 0 Å². The first-order valence-electron chi connectivity index (χ1n) is 6.71. The fraction of sp³-hybridized carbons (Fsp3) is 0. The molecular formula is C18H15OPS. The first-order chi connectivity index (χ1) is 10.3. The van der Waals surface area contributed by atoms with Gasteiger partial charge in [-0.1, -0.05) is 84.2 Å². The Balaban J connectivity index is 1.99. The Kier molecular flexibility index (Phi) is 4.59. The third-order valence-corrected chi connectivity index (χ3v) is 7.70. The molecule has 0 heterocycles. The Bertz CT molecular complexity index is 661. The lowest BCUT2D eigenvalue weighted by molar-refractivity contribution is 0.462. The molecule has 0 radical (unpaired) electrons. The molecule has 3 aromatic carbocycles. The van der Waals surface area contributed by atoms with Crippen LogP contribution in [-0.4, -0.2) is 5.11 Å². The quantitative estimate of drug-likeness (QED) is 0.714. The third kappa shape index (κ3) is 3.47. The van der Waals surface area contributed by atoms with Crippen molar-refractivity contribution in [3.63, 3.8) is 0 Å². The van der Waals surface area contributed by atoms with Gasteiger partial charge in [-0.15, -0.1) is 0 Å². The molecule has 0 saturated heterocycles. The van der Waals surface area contributed by atoms with Crippen molar-refractivity contribution in [3.8, 4) is 5.75 Å². The minimum absolute atomic E-state index is 0.349. The van der Waals surface area contributed by atoms with Gasteiger partial charge in [-0.2, -0.15) is 0 Å². The summed E-state index contributed by atoms with van der Waals surface area (Å²) in [5.74, 6) is 0.349. The molecule has 1 nitrogen and oxygen atoms in total. The lowest BCUT2D eigenvalue weighted by Gasteiger charge is -2.18. The molecule has 3 heteroatoms. The molecule has 104 valence electrons. The number of aromatic hydroxyl groups is 1. The molecule has 3 rings (SSSR count). The van der Waals surface area contributed by atoms with E-state index in [0.29, 0.717) is 5.75 Å². The summed E-state index contributed by atoms with van der Waals surface area (Å²) < 4.78 is 0. The van der Waals surface area contributed by atoms with E-state index in [4.69, 9.17) is 0 Å².